The lowest BCUT2D eigenvalue weighted by atomic mass is 10.1. The number of carbonyl (C=O) groups is 1. The number of benzene rings is 1. The molecule has 0 aliphatic carbocycles. The second kappa shape index (κ2) is 5.73. The summed E-state index contributed by atoms with van der Waals surface area (Å²) in [7, 11) is 1.34. The third-order valence-electron chi connectivity index (χ3n) is 2.84. The number of fused-ring (bicyclic) bond motifs is 1. The van der Waals surface area contributed by atoms with Gasteiger partial charge in [0.25, 0.3) is 0 Å². The predicted molar refractivity (Wildman–Crippen MR) is 71.2 cm³/mol. The molecule has 2 aromatic rings. The zero-order valence-corrected chi connectivity index (χ0v) is 10.5. The summed E-state index contributed by atoms with van der Waals surface area (Å²) in [5.41, 5.74) is 2.07. The first-order valence-electron chi connectivity index (χ1n) is 5.88. The highest BCUT2D eigenvalue weighted by Crippen LogP contribution is 2.22. The highest BCUT2D eigenvalue weighted by molar-refractivity contribution is 6.04. The second-order valence-electron chi connectivity index (χ2n) is 4.17. The zero-order chi connectivity index (χ0) is 13.8. The molecule has 0 radical (unpaired) electrons. The maximum Gasteiger partial charge on any atom is 0.340 e. The van der Waals surface area contributed by atoms with Gasteiger partial charge in [-0.25, -0.2) is 4.79 Å². The molecule has 0 spiro atoms. The fourth-order valence-electron chi connectivity index (χ4n) is 1.82. The number of aliphatic hydroxyl groups is 2. The molecule has 6 heteroatoms. The van der Waals surface area contributed by atoms with Crippen molar-refractivity contribution in [2.45, 2.75) is 6.10 Å². The van der Waals surface area contributed by atoms with Gasteiger partial charge in [-0.1, -0.05) is 0 Å². The van der Waals surface area contributed by atoms with E-state index in [-0.39, 0.29) is 19.1 Å². The first-order chi connectivity index (χ1) is 9.15. The summed E-state index contributed by atoms with van der Waals surface area (Å²) >= 11 is 0. The molecule has 0 bridgehead atoms. The van der Waals surface area contributed by atoms with Gasteiger partial charge in [-0.3, -0.25) is 0 Å². The number of aromatic amines is 1. The van der Waals surface area contributed by atoms with E-state index >= 15 is 0 Å². The van der Waals surface area contributed by atoms with Crippen LogP contribution in [0.15, 0.2) is 24.4 Å². The largest absolute Gasteiger partial charge is 0.465 e. The molecule has 0 saturated heterocycles. The third kappa shape index (κ3) is 2.86. The van der Waals surface area contributed by atoms with Gasteiger partial charge >= 0.3 is 5.97 Å². The minimum Gasteiger partial charge on any atom is -0.465 e. The van der Waals surface area contributed by atoms with Gasteiger partial charge in [0, 0.05) is 29.3 Å². The van der Waals surface area contributed by atoms with Crippen molar-refractivity contribution in [3.05, 3.63) is 30.0 Å². The van der Waals surface area contributed by atoms with Crippen LogP contribution in [-0.4, -0.2) is 47.5 Å². The molecular formula is C13H16N2O4. The quantitative estimate of drug-likeness (QED) is 0.597. The van der Waals surface area contributed by atoms with E-state index in [0.29, 0.717) is 5.56 Å². The van der Waals surface area contributed by atoms with Crippen molar-refractivity contribution in [1.82, 2.24) is 4.98 Å². The molecule has 1 aromatic carbocycles. The number of hydrogen-bond acceptors (Lipinski definition) is 5. The molecule has 1 aromatic heterocycles. The Hall–Kier alpha value is -2.05. The van der Waals surface area contributed by atoms with E-state index in [9.17, 15) is 9.90 Å². The predicted octanol–water partition coefficient (Wildman–Crippen LogP) is 0.720. The molecule has 1 heterocycles. The summed E-state index contributed by atoms with van der Waals surface area (Å²) in [6.45, 7) is -0.0309. The first-order valence-corrected chi connectivity index (χ1v) is 5.88. The number of rotatable bonds is 5. The molecule has 102 valence electrons. The maximum absolute atomic E-state index is 11.5. The Kier molecular flexibility index (Phi) is 4.03. The molecular weight excluding hydrogens is 248 g/mol. The van der Waals surface area contributed by atoms with Gasteiger partial charge in [-0.15, -0.1) is 0 Å². The Labute approximate surface area is 110 Å². The van der Waals surface area contributed by atoms with Crippen LogP contribution in [0.1, 0.15) is 10.4 Å². The van der Waals surface area contributed by atoms with Crippen LogP contribution >= 0.6 is 0 Å². The van der Waals surface area contributed by atoms with Crippen molar-refractivity contribution >= 4 is 22.6 Å². The van der Waals surface area contributed by atoms with E-state index in [1.54, 1.807) is 18.3 Å². The van der Waals surface area contributed by atoms with E-state index in [1.165, 1.54) is 7.11 Å². The molecule has 6 nitrogen and oxygen atoms in total. The highest BCUT2D eigenvalue weighted by Gasteiger charge is 2.12. The molecule has 0 fully saturated rings. The number of H-pyrrole nitrogens is 1. The number of esters is 1. The Balaban J connectivity index is 2.20. The lowest BCUT2D eigenvalue weighted by Crippen LogP contribution is -2.22. The Morgan fingerprint density at radius 1 is 1.53 bits per heavy atom. The van der Waals surface area contributed by atoms with Gasteiger partial charge in [0.05, 0.1) is 25.4 Å². The molecule has 0 aliphatic heterocycles. The van der Waals surface area contributed by atoms with Crippen LogP contribution in [0.5, 0.6) is 0 Å². The summed E-state index contributed by atoms with van der Waals surface area (Å²) < 4.78 is 4.69. The van der Waals surface area contributed by atoms with E-state index in [4.69, 9.17) is 9.84 Å². The monoisotopic (exact) mass is 264 g/mol. The van der Waals surface area contributed by atoms with E-state index in [0.717, 1.165) is 16.6 Å². The molecule has 1 unspecified atom stereocenters. The minimum absolute atomic E-state index is 0.257. The van der Waals surface area contributed by atoms with E-state index < -0.39 is 6.10 Å². The highest BCUT2D eigenvalue weighted by atomic mass is 16.5. The fourth-order valence-corrected chi connectivity index (χ4v) is 1.82. The van der Waals surface area contributed by atoms with Crippen LogP contribution in [0, 0.1) is 0 Å². The SMILES string of the molecule is COC(=O)c1c[nH]c2cc(NCC(O)CO)ccc12. The summed E-state index contributed by atoms with van der Waals surface area (Å²) in [6.07, 6.45) is 0.799. The van der Waals surface area contributed by atoms with Crippen LogP contribution in [0.3, 0.4) is 0 Å². The average Bonchev–Trinajstić information content (AvgIpc) is 2.86. The summed E-state index contributed by atoms with van der Waals surface area (Å²) in [5.74, 6) is -0.386. The average molecular weight is 264 g/mol. The van der Waals surface area contributed by atoms with Crippen molar-refractivity contribution in [2.24, 2.45) is 0 Å². The lowest BCUT2D eigenvalue weighted by Gasteiger charge is -2.10. The number of carbonyl (C=O) groups excluding carboxylic acids is 1. The van der Waals surface area contributed by atoms with Crippen molar-refractivity contribution < 1.29 is 19.7 Å². The molecule has 2 rings (SSSR count). The summed E-state index contributed by atoms with van der Waals surface area (Å²) in [5, 5.41) is 21.8. The number of methoxy groups -OCH3 is 1. The smallest absolute Gasteiger partial charge is 0.340 e. The van der Waals surface area contributed by atoms with E-state index in [1.807, 2.05) is 6.07 Å². The standard InChI is InChI=1S/C13H16N2O4/c1-19-13(18)11-6-15-12-4-8(2-3-10(11)12)14-5-9(17)7-16/h2-4,6,9,14-17H,5,7H2,1H3. The van der Waals surface area contributed by atoms with Crippen LogP contribution in [0.25, 0.3) is 10.9 Å². The van der Waals surface area contributed by atoms with Crippen LogP contribution in [-0.2, 0) is 4.74 Å². The maximum atomic E-state index is 11.5. The van der Waals surface area contributed by atoms with Gasteiger partial charge in [-0.2, -0.15) is 0 Å². The Bertz CT molecular complexity index is 579. The van der Waals surface area contributed by atoms with Gasteiger partial charge < -0.3 is 25.3 Å². The number of aromatic nitrogens is 1. The van der Waals surface area contributed by atoms with Crippen molar-refractivity contribution in [1.29, 1.82) is 0 Å². The van der Waals surface area contributed by atoms with Crippen LogP contribution in [0.4, 0.5) is 5.69 Å². The summed E-state index contributed by atoms with van der Waals surface area (Å²) in [6, 6.07) is 5.42. The number of ether oxygens (including phenoxy) is 1. The fraction of sp³-hybridized carbons (Fsp3) is 0.308. The Morgan fingerprint density at radius 3 is 3.00 bits per heavy atom. The topological polar surface area (TPSA) is 94.6 Å². The number of nitrogens with one attached hydrogen (secondary N) is 2. The van der Waals surface area contributed by atoms with Gasteiger partial charge in [-0.05, 0) is 18.2 Å². The van der Waals surface area contributed by atoms with Gasteiger partial charge in [0.1, 0.15) is 0 Å². The molecule has 0 aliphatic rings. The van der Waals surface area contributed by atoms with E-state index in [2.05, 4.69) is 10.3 Å². The molecule has 0 amide bonds. The number of anilines is 1. The minimum atomic E-state index is -0.801. The van der Waals surface area contributed by atoms with Gasteiger partial charge in [0.15, 0.2) is 0 Å². The van der Waals surface area contributed by atoms with Crippen molar-refractivity contribution in [3.63, 3.8) is 0 Å². The van der Waals surface area contributed by atoms with Crippen molar-refractivity contribution in [3.8, 4) is 0 Å². The molecule has 0 saturated carbocycles. The first kappa shape index (κ1) is 13.4. The molecule has 1 atom stereocenters. The van der Waals surface area contributed by atoms with Crippen LogP contribution in [0.2, 0.25) is 0 Å². The number of aliphatic hydroxyl groups excluding tert-OH is 2. The number of hydrogen-bond donors (Lipinski definition) is 4. The molecule has 4 N–H and O–H groups in total. The van der Waals surface area contributed by atoms with Crippen LogP contribution < -0.4 is 5.32 Å². The second-order valence-corrected chi connectivity index (χ2v) is 4.17. The van der Waals surface area contributed by atoms with Gasteiger partial charge in [0.2, 0.25) is 0 Å². The third-order valence-corrected chi connectivity index (χ3v) is 2.84. The Morgan fingerprint density at radius 2 is 2.32 bits per heavy atom. The lowest BCUT2D eigenvalue weighted by molar-refractivity contribution is 0.0603. The zero-order valence-electron chi connectivity index (χ0n) is 10.5. The normalized spacial score (nSPS) is 12.4. The molecule has 19 heavy (non-hydrogen) atoms. The summed E-state index contributed by atoms with van der Waals surface area (Å²) in [4.78, 5) is 14.5. The van der Waals surface area contributed by atoms with Crippen molar-refractivity contribution in [2.75, 3.05) is 25.6 Å².